The van der Waals surface area contributed by atoms with E-state index in [1.807, 2.05) is 4.90 Å². The van der Waals surface area contributed by atoms with E-state index in [4.69, 9.17) is 4.99 Å². The van der Waals surface area contributed by atoms with Crippen LogP contribution in [0.5, 0.6) is 0 Å². The van der Waals surface area contributed by atoms with Gasteiger partial charge in [-0.15, -0.1) is 0 Å². The fourth-order valence-corrected chi connectivity index (χ4v) is 3.48. The Hall–Kier alpha value is -2.04. The van der Waals surface area contributed by atoms with Gasteiger partial charge in [0.2, 0.25) is 5.91 Å². The van der Waals surface area contributed by atoms with Crippen LogP contribution in [0.4, 0.5) is 0 Å². The summed E-state index contributed by atoms with van der Waals surface area (Å²) in [4.78, 5) is 21.1. The van der Waals surface area contributed by atoms with Crippen LogP contribution in [0.15, 0.2) is 29.3 Å². The molecule has 0 spiro atoms. The highest BCUT2D eigenvalue weighted by atomic mass is 16.2. The summed E-state index contributed by atoms with van der Waals surface area (Å²) in [6, 6.07) is 8.62. The molecule has 0 aromatic heterocycles. The first kappa shape index (κ1) is 16.8. The fraction of sp³-hybridized carbons (Fsp3) is 0.579. The van der Waals surface area contributed by atoms with Crippen molar-refractivity contribution in [3.63, 3.8) is 0 Å². The lowest BCUT2D eigenvalue weighted by Gasteiger charge is -2.31. The zero-order chi connectivity index (χ0) is 16.8. The molecule has 1 aromatic rings. The number of rotatable bonds is 4. The summed E-state index contributed by atoms with van der Waals surface area (Å²) in [5, 5.41) is 3.38. The van der Waals surface area contributed by atoms with Crippen LogP contribution in [0.2, 0.25) is 0 Å². The fourth-order valence-electron chi connectivity index (χ4n) is 3.48. The summed E-state index contributed by atoms with van der Waals surface area (Å²) >= 11 is 0. The first-order chi connectivity index (χ1) is 11.8. The van der Waals surface area contributed by atoms with E-state index in [9.17, 15) is 4.79 Å². The minimum Gasteiger partial charge on any atom is -0.357 e. The number of nitrogens with one attached hydrogen (secondary N) is 1. The predicted molar refractivity (Wildman–Crippen MR) is 97.0 cm³/mol. The highest BCUT2D eigenvalue weighted by Gasteiger charge is 2.20. The zero-order valence-electron chi connectivity index (χ0n) is 14.6. The smallest absolute Gasteiger partial charge is 0.224 e. The summed E-state index contributed by atoms with van der Waals surface area (Å²) in [5.41, 5.74) is 2.82. The Bertz CT molecular complexity index is 593. The molecule has 1 fully saturated rings. The minimum absolute atomic E-state index is 0.246. The van der Waals surface area contributed by atoms with Gasteiger partial charge in [-0.3, -0.25) is 9.79 Å². The predicted octanol–water partition coefficient (Wildman–Crippen LogP) is 2.02. The molecule has 0 aliphatic carbocycles. The SMILES string of the molecule is CCNC(=NCCC(=O)N1CCCC1)N1CCc2ccccc2C1. The molecule has 0 bridgehead atoms. The van der Waals surface area contributed by atoms with Gasteiger partial charge in [0.1, 0.15) is 0 Å². The van der Waals surface area contributed by atoms with Crippen LogP contribution >= 0.6 is 0 Å². The Morgan fingerprint density at radius 3 is 2.62 bits per heavy atom. The van der Waals surface area contributed by atoms with Crippen molar-refractivity contribution < 1.29 is 4.79 Å². The lowest BCUT2D eigenvalue weighted by Crippen LogP contribution is -2.44. The Kier molecular flexibility index (Phi) is 5.72. The molecule has 2 aliphatic rings. The number of hydrogen-bond donors (Lipinski definition) is 1. The Morgan fingerprint density at radius 1 is 1.12 bits per heavy atom. The number of hydrogen-bond acceptors (Lipinski definition) is 2. The number of guanidine groups is 1. The van der Waals surface area contributed by atoms with E-state index in [-0.39, 0.29) is 5.91 Å². The topological polar surface area (TPSA) is 47.9 Å². The summed E-state index contributed by atoms with van der Waals surface area (Å²) < 4.78 is 0. The largest absolute Gasteiger partial charge is 0.357 e. The molecule has 0 atom stereocenters. The van der Waals surface area contributed by atoms with E-state index in [0.717, 1.165) is 57.9 Å². The number of carbonyl (C=O) groups is 1. The molecule has 0 radical (unpaired) electrons. The number of fused-ring (bicyclic) bond motifs is 1. The Labute approximate surface area is 144 Å². The van der Waals surface area contributed by atoms with Crippen molar-refractivity contribution >= 4 is 11.9 Å². The van der Waals surface area contributed by atoms with Gasteiger partial charge in [0.05, 0.1) is 6.54 Å². The quantitative estimate of drug-likeness (QED) is 0.679. The van der Waals surface area contributed by atoms with E-state index in [1.165, 1.54) is 11.1 Å². The maximum atomic E-state index is 12.1. The molecule has 130 valence electrons. The molecule has 5 heteroatoms. The number of benzene rings is 1. The molecular formula is C19H28N4O. The van der Waals surface area contributed by atoms with Crippen molar-refractivity contribution in [1.82, 2.24) is 15.1 Å². The molecule has 2 heterocycles. The third-order valence-corrected chi connectivity index (χ3v) is 4.81. The lowest BCUT2D eigenvalue weighted by atomic mass is 10.0. The molecule has 2 aliphatic heterocycles. The second-order valence-electron chi connectivity index (χ2n) is 6.51. The van der Waals surface area contributed by atoms with Gasteiger partial charge < -0.3 is 15.1 Å². The van der Waals surface area contributed by atoms with Crippen LogP contribution in [-0.2, 0) is 17.8 Å². The normalized spacial score (nSPS) is 17.8. The number of nitrogens with zero attached hydrogens (tertiary/aromatic N) is 3. The molecule has 3 rings (SSSR count). The Balaban J connectivity index is 1.58. The molecule has 1 N–H and O–H groups in total. The monoisotopic (exact) mass is 328 g/mol. The van der Waals surface area contributed by atoms with Gasteiger partial charge in [0.15, 0.2) is 5.96 Å². The summed E-state index contributed by atoms with van der Waals surface area (Å²) in [6.45, 7) is 7.21. The molecule has 1 aromatic carbocycles. The average molecular weight is 328 g/mol. The average Bonchev–Trinajstić information content (AvgIpc) is 3.15. The highest BCUT2D eigenvalue weighted by Crippen LogP contribution is 2.18. The van der Waals surface area contributed by atoms with Gasteiger partial charge in [-0.1, -0.05) is 24.3 Å². The molecule has 0 saturated carbocycles. The van der Waals surface area contributed by atoms with E-state index < -0.39 is 0 Å². The summed E-state index contributed by atoms with van der Waals surface area (Å²) in [7, 11) is 0. The van der Waals surface area contributed by atoms with E-state index in [1.54, 1.807) is 0 Å². The molecular weight excluding hydrogens is 300 g/mol. The number of carbonyl (C=O) groups excluding carboxylic acids is 1. The number of likely N-dealkylation sites (tertiary alicyclic amines) is 1. The number of amides is 1. The summed E-state index contributed by atoms with van der Waals surface area (Å²) in [6.07, 6.45) is 3.85. The zero-order valence-corrected chi connectivity index (χ0v) is 14.6. The van der Waals surface area contributed by atoms with Crippen LogP contribution < -0.4 is 5.32 Å². The third-order valence-electron chi connectivity index (χ3n) is 4.81. The lowest BCUT2D eigenvalue weighted by molar-refractivity contribution is -0.129. The van der Waals surface area contributed by atoms with Crippen LogP contribution in [0.3, 0.4) is 0 Å². The van der Waals surface area contributed by atoms with Crippen LogP contribution in [0.25, 0.3) is 0 Å². The van der Waals surface area contributed by atoms with Crippen LogP contribution in [0.1, 0.15) is 37.3 Å². The second-order valence-corrected chi connectivity index (χ2v) is 6.51. The van der Waals surface area contributed by atoms with Gasteiger partial charge in [-0.2, -0.15) is 0 Å². The van der Waals surface area contributed by atoms with Gasteiger partial charge in [-0.25, -0.2) is 0 Å². The molecule has 1 saturated heterocycles. The maximum Gasteiger partial charge on any atom is 0.224 e. The highest BCUT2D eigenvalue weighted by molar-refractivity contribution is 5.81. The Morgan fingerprint density at radius 2 is 1.88 bits per heavy atom. The van der Waals surface area contributed by atoms with Crippen molar-refractivity contribution in [3.8, 4) is 0 Å². The van der Waals surface area contributed by atoms with Crippen molar-refractivity contribution in [2.45, 2.75) is 39.2 Å². The van der Waals surface area contributed by atoms with Gasteiger partial charge in [-0.05, 0) is 37.3 Å². The minimum atomic E-state index is 0.246. The van der Waals surface area contributed by atoms with E-state index in [0.29, 0.717) is 13.0 Å². The molecule has 0 unspecified atom stereocenters. The first-order valence-electron chi connectivity index (χ1n) is 9.15. The third kappa shape index (κ3) is 4.08. The van der Waals surface area contributed by atoms with E-state index in [2.05, 4.69) is 41.4 Å². The standard InChI is InChI=1S/C19H28N4O/c1-2-20-19(21-11-9-18(24)22-12-5-6-13-22)23-14-10-16-7-3-4-8-17(16)15-23/h3-4,7-8H,2,5-6,9-15H2,1H3,(H,20,21). The van der Waals surface area contributed by atoms with Crippen molar-refractivity contribution in [2.24, 2.45) is 4.99 Å². The van der Waals surface area contributed by atoms with Gasteiger partial charge in [0, 0.05) is 39.1 Å². The van der Waals surface area contributed by atoms with Gasteiger partial charge in [0.25, 0.3) is 0 Å². The van der Waals surface area contributed by atoms with Crippen molar-refractivity contribution in [2.75, 3.05) is 32.7 Å². The summed E-state index contributed by atoms with van der Waals surface area (Å²) in [5.74, 6) is 1.18. The number of aliphatic imine (C=N–C) groups is 1. The van der Waals surface area contributed by atoms with Crippen LogP contribution in [-0.4, -0.2) is 54.4 Å². The van der Waals surface area contributed by atoms with Gasteiger partial charge >= 0.3 is 0 Å². The molecule has 1 amide bonds. The molecule has 24 heavy (non-hydrogen) atoms. The van der Waals surface area contributed by atoms with Crippen molar-refractivity contribution in [3.05, 3.63) is 35.4 Å². The second kappa shape index (κ2) is 8.18. The van der Waals surface area contributed by atoms with E-state index >= 15 is 0 Å². The first-order valence-corrected chi connectivity index (χ1v) is 9.15. The molecule has 5 nitrogen and oxygen atoms in total. The van der Waals surface area contributed by atoms with Crippen molar-refractivity contribution in [1.29, 1.82) is 0 Å². The van der Waals surface area contributed by atoms with Crippen LogP contribution in [0, 0.1) is 0 Å². The maximum absolute atomic E-state index is 12.1.